The van der Waals surface area contributed by atoms with Crippen LogP contribution >= 0.6 is 11.8 Å². The lowest BCUT2D eigenvalue weighted by Crippen LogP contribution is -2.23. The van der Waals surface area contributed by atoms with E-state index in [2.05, 4.69) is 34.6 Å². The standard InChI is InChI=1S/C18H21N3O2S/c1-22-15-8-7-13(9-16(15)23-2)21-18(19)20-10-12-11-24-17-6-4-3-5-14(12)17/h3-9,12H,10-11H2,1-2H3,(H3,19,20,21). The number of nitrogens with two attached hydrogens (primary N) is 1. The van der Waals surface area contributed by atoms with Crippen molar-refractivity contribution < 1.29 is 9.47 Å². The summed E-state index contributed by atoms with van der Waals surface area (Å²) in [4.78, 5) is 5.85. The van der Waals surface area contributed by atoms with Gasteiger partial charge in [0.2, 0.25) is 0 Å². The van der Waals surface area contributed by atoms with Crippen molar-refractivity contribution in [2.24, 2.45) is 10.7 Å². The van der Waals surface area contributed by atoms with E-state index in [9.17, 15) is 0 Å². The number of fused-ring (bicyclic) bond motifs is 1. The Morgan fingerprint density at radius 2 is 2.00 bits per heavy atom. The van der Waals surface area contributed by atoms with Gasteiger partial charge in [-0.25, -0.2) is 0 Å². The molecule has 0 radical (unpaired) electrons. The van der Waals surface area contributed by atoms with E-state index in [0.717, 1.165) is 11.4 Å². The maximum Gasteiger partial charge on any atom is 0.193 e. The fraction of sp³-hybridized carbons (Fsp3) is 0.278. The molecule has 0 amide bonds. The Morgan fingerprint density at radius 3 is 2.79 bits per heavy atom. The van der Waals surface area contributed by atoms with E-state index in [-0.39, 0.29) is 0 Å². The number of hydrogen-bond acceptors (Lipinski definition) is 4. The second-order valence-corrected chi connectivity index (χ2v) is 6.53. The van der Waals surface area contributed by atoms with Gasteiger partial charge in [-0.05, 0) is 23.8 Å². The first kappa shape index (κ1) is 16.5. The van der Waals surface area contributed by atoms with Crippen molar-refractivity contribution >= 4 is 23.4 Å². The predicted molar refractivity (Wildman–Crippen MR) is 99.6 cm³/mol. The first-order chi connectivity index (χ1) is 11.7. The molecule has 1 aliphatic heterocycles. The molecule has 1 heterocycles. The van der Waals surface area contributed by atoms with Gasteiger partial charge in [-0.2, -0.15) is 0 Å². The molecule has 0 saturated heterocycles. The molecule has 0 spiro atoms. The van der Waals surface area contributed by atoms with Crippen LogP contribution in [-0.4, -0.2) is 32.5 Å². The third-order valence-corrected chi connectivity index (χ3v) is 5.19. The molecule has 2 aromatic rings. The minimum Gasteiger partial charge on any atom is -0.493 e. The van der Waals surface area contributed by atoms with Crippen molar-refractivity contribution in [2.75, 3.05) is 31.8 Å². The van der Waals surface area contributed by atoms with Gasteiger partial charge >= 0.3 is 0 Å². The molecule has 1 unspecified atom stereocenters. The summed E-state index contributed by atoms with van der Waals surface area (Å²) in [6.07, 6.45) is 0. The van der Waals surface area contributed by atoms with Gasteiger partial charge in [0, 0.05) is 28.3 Å². The van der Waals surface area contributed by atoms with Crippen LogP contribution in [-0.2, 0) is 0 Å². The Bertz CT molecular complexity index is 749. The van der Waals surface area contributed by atoms with Crippen LogP contribution in [0.3, 0.4) is 0 Å². The van der Waals surface area contributed by atoms with Crippen LogP contribution in [0.2, 0.25) is 0 Å². The van der Waals surface area contributed by atoms with Crippen LogP contribution in [0.15, 0.2) is 52.4 Å². The molecular weight excluding hydrogens is 322 g/mol. The molecule has 3 N–H and O–H groups in total. The fourth-order valence-electron chi connectivity index (χ4n) is 2.69. The number of rotatable bonds is 5. The topological polar surface area (TPSA) is 68.9 Å². The molecule has 0 saturated carbocycles. The summed E-state index contributed by atoms with van der Waals surface area (Å²) in [6.45, 7) is 0.677. The van der Waals surface area contributed by atoms with Gasteiger partial charge in [-0.15, -0.1) is 11.8 Å². The van der Waals surface area contributed by atoms with Gasteiger partial charge in [0.05, 0.1) is 20.8 Å². The highest BCUT2D eigenvalue weighted by molar-refractivity contribution is 7.99. The summed E-state index contributed by atoms with van der Waals surface area (Å²) in [5.41, 5.74) is 8.21. The number of hydrogen-bond donors (Lipinski definition) is 2. The van der Waals surface area contributed by atoms with Crippen molar-refractivity contribution in [1.82, 2.24) is 0 Å². The maximum atomic E-state index is 6.03. The minimum atomic E-state index is 0.400. The minimum absolute atomic E-state index is 0.400. The van der Waals surface area contributed by atoms with Crippen LogP contribution in [0.5, 0.6) is 11.5 Å². The smallest absolute Gasteiger partial charge is 0.193 e. The van der Waals surface area contributed by atoms with Gasteiger partial charge in [0.25, 0.3) is 0 Å². The molecule has 3 rings (SSSR count). The summed E-state index contributed by atoms with van der Waals surface area (Å²) in [7, 11) is 3.21. The lowest BCUT2D eigenvalue weighted by Gasteiger charge is -2.12. The van der Waals surface area contributed by atoms with Gasteiger partial charge in [-0.1, -0.05) is 18.2 Å². The number of anilines is 1. The van der Waals surface area contributed by atoms with Crippen LogP contribution in [0.1, 0.15) is 11.5 Å². The van der Waals surface area contributed by atoms with E-state index < -0.39 is 0 Å². The Hall–Kier alpha value is -2.34. The van der Waals surface area contributed by atoms with E-state index >= 15 is 0 Å². The van der Waals surface area contributed by atoms with Crippen LogP contribution in [0, 0.1) is 0 Å². The molecule has 5 nitrogen and oxygen atoms in total. The van der Waals surface area contributed by atoms with Gasteiger partial charge in [0.1, 0.15) is 0 Å². The molecule has 24 heavy (non-hydrogen) atoms. The van der Waals surface area contributed by atoms with Crippen molar-refractivity contribution in [2.45, 2.75) is 10.8 Å². The van der Waals surface area contributed by atoms with Gasteiger partial charge in [0.15, 0.2) is 17.5 Å². The molecule has 0 fully saturated rings. The van der Waals surface area contributed by atoms with E-state index in [0.29, 0.717) is 29.9 Å². The zero-order valence-corrected chi connectivity index (χ0v) is 14.6. The number of aliphatic imine (C=N–C) groups is 1. The number of ether oxygens (including phenoxy) is 2. The number of nitrogens with zero attached hydrogens (tertiary/aromatic N) is 1. The van der Waals surface area contributed by atoms with Gasteiger partial charge < -0.3 is 20.5 Å². The summed E-state index contributed by atoms with van der Waals surface area (Å²) in [5.74, 6) is 3.19. The molecule has 126 valence electrons. The second-order valence-electron chi connectivity index (χ2n) is 5.47. The molecule has 0 aliphatic carbocycles. The normalized spacial score (nSPS) is 16.6. The van der Waals surface area contributed by atoms with E-state index in [1.807, 2.05) is 30.0 Å². The molecule has 0 bridgehead atoms. The highest BCUT2D eigenvalue weighted by Gasteiger charge is 2.22. The molecule has 1 atom stereocenters. The van der Waals surface area contributed by atoms with Crippen molar-refractivity contribution in [3.05, 3.63) is 48.0 Å². The number of benzene rings is 2. The highest BCUT2D eigenvalue weighted by Crippen LogP contribution is 2.39. The summed E-state index contributed by atoms with van der Waals surface area (Å²) in [6, 6.07) is 14.0. The van der Waals surface area contributed by atoms with Gasteiger partial charge in [-0.3, -0.25) is 4.99 Å². The number of nitrogens with one attached hydrogen (secondary N) is 1. The quantitative estimate of drug-likeness (QED) is 0.644. The molecule has 0 aromatic heterocycles. The SMILES string of the molecule is COc1ccc(NC(N)=NCC2CSc3ccccc32)cc1OC. The number of guanidine groups is 1. The Morgan fingerprint density at radius 1 is 1.21 bits per heavy atom. The first-order valence-electron chi connectivity index (χ1n) is 7.72. The van der Waals surface area contributed by atoms with Crippen molar-refractivity contribution in [3.8, 4) is 11.5 Å². The van der Waals surface area contributed by atoms with E-state index in [4.69, 9.17) is 15.2 Å². The molecule has 2 aromatic carbocycles. The second kappa shape index (κ2) is 7.49. The highest BCUT2D eigenvalue weighted by atomic mass is 32.2. The fourth-order valence-corrected chi connectivity index (χ4v) is 3.93. The average Bonchev–Trinajstić information content (AvgIpc) is 3.03. The van der Waals surface area contributed by atoms with Crippen molar-refractivity contribution in [3.63, 3.8) is 0 Å². The third kappa shape index (κ3) is 3.59. The summed E-state index contributed by atoms with van der Waals surface area (Å²) >= 11 is 1.88. The lowest BCUT2D eigenvalue weighted by atomic mass is 10.0. The largest absolute Gasteiger partial charge is 0.493 e. The van der Waals surface area contributed by atoms with Crippen LogP contribution < -0.4 is 20.5 Å². The van der Waals surface area contributed by atoms with E-state index in [1.165, 1.54) is 10.5 Å². The summed E-state index contributed by atoms with van der Waals surface area (Å²) in [5, 5.41) is 3.10. The maximum absolute atomic E-state index is 6.03. The Kier molecular flexibility index (Phi) is 5.15. The molecule has 6 heteroatoms. The Balaban J connectivity index is 1.65. The average molecular weight is 343 g/mol. The summed E-state index contributed by atoms with van der Waals surface area (Å²) < 4.78 is 10.5. The molecular formula is C18H21N3O2S. The Labute approximate surface area is 146 Å². The zero-order chi connectivity index (χ0) is 16.9. The number of methoxy groups -OCH3 is 2. The lowest BCUT2D eigenvalue weighted by molar-refractivity contribution is 0.355. The predicted octanol–water partition coefficient (Wildman–Crippen LogP) is 3.32. The van der Waals surface area contributed by atoms with E-state index in [1.54, 1.807) is 14.2 Å². The third-order valence-electron chi connectivity index (χ3n) is 3.94. The van der Waals surface area contributed by atoms with Crippen LogP contribution in [0.4, 0.5) is 5.69 Å². The number of thioether (sulfide) groups is 1. The van der Waals surface area contributed by atoms with Crippen molar-refractivity contribution in [1.29, 1.82) is 0 Å². The monoisotopic (exact) mass is 343 g/mol. The molecule has 1 aliphatic rings. The first-order valence-corrected chi connectivity index (χ1v) is 8.70. The van der Waals surface area contributed by atoms with Crippen LogP contribution in [0.25, 0.3) is 0 Å². The zero-order valence-electron chi connectivity index (χ0n) is 13.8.